The molecule has 0 amide bonds. The minimum atomic E-state index is -3.00. The van der Waals surface area contributed by atoms with E-state index in [1.54, 1.807) is 30.3 Å². The van der Waals surface area contributed by atoms with Crippen LogP contribution in [0, 0.1) is 0 Å². The van der Waals surface area contributed by atoms with Crippen molar-refractivity contribution in [3.63, 3.8) is 0 Å². The molecule has 0 spiro atoms. The van der Waals surface area contributed by atoms with Crippen LogP contribution in [0.4, 0.5) is 8.78 Å². The third-order valence-corrected chi connectivity index (χ3v) is 2.30. The van der Waals surface area contributed by atoms with Crippen molar-refractivity contribution in [2.75, 3.05) is 0 Å². The van der Waals surface area contributed by atoms with Gasteiger partial charge in [0.1, 0.15) is 11.5 Å². The maximum atomic E-state index is 12.3. The number of ether oxygens (including phenoxy) is 1. The second-order valence-corrected chi connectivity index (χ2v) is 3.61. The summed E-state index contributed by atoms with van der Waals surface area (Å²) in [6.07, 6.45) is -3.00. The number of halogens is 2. The van der Waals surface area contributed by atoms with Crippen molar-refractivity contribution in [2.45, 2.75) is 6.43 Å². The molecule has 18 heavy (non-hydrogen) atoms. The lowest BCUT2D eigenvalue weighted by molar-refractivity contribution is 0.0678. The Bertz CT molecular complexity index is 539. The van der Waals surface area contributed by atoms with Crippen LogP contribution < -0.4 is 4.74 Å². The minimum Gasteiger partial charge on any atom is -0.457 e. The van der Waals surface area contributed by atoms with Gasteiger partial charge in [-0.15, -0.1) is 0 Å². The lowest BCUT2D eigenvalue weighted by atomic mass is 10.1. The smallest absolute Gasteiger partial charge is 0.300 e. The van der Waals surface area contributed by atoms with Gasteiger partial charge in [0.25, 0.3) is 0 Å². The summed E-state index contributed by atoms with van der Waals surface area (Å²) in [5.41, 5.74) is -0.0570. The highest BCUT2D eigenvalue weighted by molar-refractivity contribution is 5.98. The average molecular weight is 248 g/mol. The molecule has 2 aromatic rings. The first-order valence-electron chi connectivity index (χ1n) is 5.32. The van der Waals surface area contributed by atoms with Crippen LogP contribution in [-0.2, 0) is 0 Å². The standard InChI is InChI=1S/C14H10F2O2/c15-14(16)13(17)10-5-4-8-12(9-10)18-11-6-2-1-3-7-11/h1-9,14H. The summed E-state index contributed by atoms with van der Waals surface area (Å²) in [5.74, 6) is -0.264. The van der Waals surface area contributed by atoms with Crippen LogP contribution in [0.5, 0.6) is 11.5 Å². The first-order valence-corrected chi connectivity index (χ1v) is 5.32. The average Bonchev–Trinajstić information content (AvgIpc) is 2.39. The van der Waals surface area contributed by atoms with Gasteiger partial charge in [-0.05, 0) is 24.3 Å². The van der Waals surface area contributed by atoms with E-state index >= 15 is 0 Å². The first kappa shape index (κ1) is 12.2. The van der Waals surface area contributed by atoms with Crippen molar-refractivity contribution >= 4 is 5.78 Å². The molecule has 0 unspecified atom stereocenters. The SMILES string of the molecule is O=C(c1cccc(Oc2ccccc2)c1)C(F)F. The molecule has 4 heteroatoms. The Labute approximate surface area is 103 Å². The first-order chi connectivity index (χ1) is 8.66. The van der Waals surface area contributed by atoms with Crippen molar-refractivity contribution in [1.29, 1.82) is 0 Å². The summed E-state index contributed by atoms with van der Waals surface area (Å²) in [4.78, 5) is 11.1. The Morgan fingerprint density at radius 3 is 2.28 bits per heavy atom. The van der Waals surface area contributed by atoms with E-state index in [0.29, 0.717) is 11.5 Å². The summed E-state index contributed by atoms with van der Waals surface area (Å²) in [7, 11) is 0. The van der Waals surface area contributed by atoms with Crippen molar-refractivity contribution in [3.8, 4) is 11.5 Å². The van der Waals surface area contributed by atoms with E-state index in [4.69, 9.17) is 4.74 Å². The fourth-order valence-electron chi connectivity index (χ4n) is 1.46. The van der Waals surface area contributed by atoms with E-state index in [1.807, 2.05) is 6.07 Å². The zero-order valence-corrected chi connectivity index (χ0v) is 9.35. The van der Waals surface area contributed by atoms with Crippen molar-refractivity contribution < 1.29 is 18.3 Å². The lowest BCUT2D eigenvalue weighted by Gasteiger charge is -2.06. The van der Waals surface area contributed by atoms with Crippen LogP contribution in [0.15, 0.2) is 54.6 Å². The summed E-state index contributed by atoms with van der Waals surface area (Å²) in [6, 6.07) is 14.7. The van der Waals surface area contributed by atoms with Gasteiger partial charge in [0.2, 0.25) is 5.78 Å². The zero-order valence-electron chi connectivity index (χ0n) is 9.35. The van der Waals surface area contributed by atoms with Crippen LogP contribution in [-0.4, -0.2) is 12.2 Å². The number of hydrogen-bond donors (Lipinski definition) is 0. The monoisotopic (exact) mass is 248 g/mol. The maximum absolute atomic E-state index is 12.3. The Morgan fingerprint density at radius 1 is 0.944 bits per heavy atom. The molecule has 0 atom stereocenters. The van der Waals surface area contributed by atoms with Crippen molar-refractivity contribution in [3.05, 3.63) is 60.2 Å². The fourth-order valence-corrected chi connectivity index (χ4v) is 1.46. The molecule has 0 saturated carbocycles. The van der Waals surface area contributed by atoms with Gasteiger partial charge in [-0.3, -0.25) is 4.79 Å². The molecule has 0 heterocycles. The molecular formula is C14H10F2O2. The van der Waals surface area contributed by atoms with E-state index in [0.717, 1.165) is 0 Å². The van der Waals surface area contributed by atoms with Gasteiger partial charge >= 0.3 is 6.43 Å². The number of hydrogen-bond acceptors (Lipinski definition) is 2. The number of Topliss-reactive ketones (excluding diaryl/α,β-unsaturated/α-hetero) is 1. The third kappa shape index (κ3) is 2.91. The molecule has 2 nitrogen and oxygen atoms in total. The molecule has 92 valence electrons. The minimum absolute atomic E-state index is 0.0570. The topological polar surface area (TPSA) is 26.3 Å². The maximum Gasteiger partial charge on any atom is 0.300 e. The van der Waals surface area contributed by atoms with Gasteiger partial charge in [0.15, 0.2) is 0 Å². The highest BCUT2D eigenvalue weighted by atomic mass is 19.3. The predicted octanol–water partition coefficient (Wildman–Crippen LogP) is 3.93. The normalized spacial score (nSPS) is 10.4. The molecule has 0 aliphatic heterocycles. The number of carbonyl (C=O) groups is 1. The van der Waals surface area contributed by atoms with E-state index < -0.39 is 12.2 Å². The fraction of sp³-hybridized carbons (Fsp3) is 0.0714. The van der Waals surface area contributed by atoms with Crippen molar-refractivity contribution in [2.24, 2.45) is 0 Å². The van der Waals surface area contributed by atoms with Gasteiger partial charge < -0.3 is 4.74 Å². The summed E-state index contributed by atoms with van der Waals surface area (Å²) in [6.45, 7) is 0. The lowest BCUT2D eigenvalue weighted by Crippen LogP contribution is -2.09. The van der Waals surface area contributed by atoms with Gasteiger partial charge in [0, 0.05) is 5.56 Å². The highest BCUT2D eigenvalue weighted by Crippen LogP contribution is 2.22. The van der Waals surface area contributed by atoms with Gasteiger partial charge in [-0.2, -0.15) is 0 Å². The van der Waals surface area contributed by atoms with Crippen LogP contribution in [0.25, 0.3) is 0 Å². The second kappa shape index (κ2) is 5.40. The number of alkyl halides is 2. The molecule has 0 N–H and O–H groups in total. The molecule has 0 aromatic heterocycles. The Balaban J connectivity index is 2.20. The quantitative estimate of drug-likeness (QED) is 0.766. The number of carbonyl (C=O) groups excluding carboxylic acids is 1. The summed E-state index contributed by atoms with van der Waals surface area (Å²) >= 11 is 0. The molecule has 0 aliphatic rings. The Morgan fingerprint density at radius 2 is 1.61 bits per heavy atom. The molecular weight excluding hydrogens is 238 g/mol. The summed E-state index contributed by atoms with van der Waals surface area (Å²) in [5, 5.41) is 0. The largest absolute Gasteiger partial charge is 0.457 e. The zero-order chi connectivity index (χ0) is 13.0. The van der Waals surface area contributed by atoms with E-state index in [1.165, 1.54) is 18.2 Å². The number of rotatable bonds is 4. The number of benzene rings is 2. The molecule has 0 aliphatic carbocycles. The van der Waals surface area contributed by atoms with Crippen LogP contribution in [0.1, 0.15) is 10.4 Å². The van der Waals surface area contributed by atoms with E-state index in [2.05, 4.69) is 0 Å². The van der Waals surface area contributed by atoms with Crippen molar-refractivity contribution in [1.82, 2.24) is 0 Å². The predicted molar refractivity (Wildman–Crippen MR) is 63.3 cm³/mol. The third-order valence-electron chi connectivity index (χ3n) is 2.30. The van der Waals surface area contributed by atoms with Gasteiger partial charge in [0.05, 0.1) is 0 Å². The highest BCUT2D eigenvalue weighted by Gasteiger charge is 2.17. The second-order valence-electron chi connectivity index (χ2n) is 3.61. The summed E-state index contributed by atoms with van der Waals surface area (Å²) < 4.78 is 30.0. The Hall–Kier alpha value is -2.23. The van der Waals surface area contributed by atoms with E-state index in [-0.39, 0.29) is 5.56 Å². The molecule has 2 aromatic carbocycles. The van der Waals surface area contributed by atoms with E-state index in [9.17, 15) is 13.6 Å². The van der Waals surface area contributed by atoms with Gasteiger partial charge in [-0.25, -0.2) is 8.78 Å². The molecule has 2 rings (SSSR count). The molecule has 0 bridgehead atoms. The van der Waals surface area contributed by atoms with Crippen LogP contribution >= 0.6 is 0 Å². The van der Waals surface area contributed by atoms with Crippen LogP contribution in [0.3, 0.4) is 0 Å². The van der Waals surface area contributed by atoms with Gasteiger partial charge in [-0.1, -0.05) is 30.3 Å². The molecule has 0 saturated heterocycles. The molecule has 0 fully saturated rings. The number of ketones is 1. The molecule has 0 radical (unpaired) electrons. The Kier molecular flexibility index (Phi) is 3.67. The van der Waals surface area contributed by atoms with Crippen LogP contribution in [0.2, 0.25) is 0 Å². The number of para-hydroxylation sites is 1.